The van der Waals surface area contributed by atoms with Crippen molar-refractivity contribution in [2.75, 3.05) is 7.11 Å². The maximum Gasteiger partial charge on any atom is 0.338 e. The van der Waals surface area contributed by atoms with E-state index in [9.17, 15) is 4.79 Å². The average molecular weight is 347 g/mol. The molecule has 2 aromatic heterocycles. The number of nitrogens with zero attached hydrogens (tertiary/aromatic N) is 2. The molecule has 6 heteroatoms. The highest BCUT2D eigenvalue weighted by atomic mass is 28.4. The van der Waals surface area contributed by atoms with Gasteiger partial charge in [0.05, 0.1) is 23.9 Å². The molecule has 24 heavy (non-hydrogen) atoms. The zero-order valence-electron chi connectivity index (χ0n) is 15.6. The number of fused-ring (bicyclic) bond motifs is 1. The second kappa shape index (κ2) is 6.09. The molecule has 2 aromatic rings. The summed E-state index contributed by atoms with van der Waals surface area (Å²) in [5, 5.41) is 4.54. The Morgan fingerprint density at radius 3 is 2.42 bits per heavy atom. The Kier molecular flexibility index (Phi) is 4.63. The molecule has 0 saturated carbocycles. The fraction of sp³-hybridized carbons (Fsp3) is 0.444. The van der Waals surface area contributed by atoms with Gasteiger partial charge in [-0.15, -0.1) is 0 Å². The van der Waals surface area contributed by atoms with Crippen molar-refractivity contribution in [3.8, 4) is 0 Å². The molecule has 0 aliphatic rings. The van der Waals surface area contributed by atoms with E-state index in [2.05, 4.69) is 45.5 Å². The van der Waals surface area contributed by atoms with Crippen molar-refractivity contribution in [3.05, 3.63) is 41.7 Å². The summed E-state index contributed by atoms with van der Waals surface area (Å²) < 4.78 is 12.9. The molecule has 0 radical (unpaired) electrons. The first-order chi connectivity index (χ1) is 11.0. The number of aromatic nitrogens is 2. The minimum Gasteiger partial charge on any atom is -0.542 e. The van der Waals surface area contributed by atoms with Gasteiger partial charge in [-0.3, -0.25) is 0 Å². The number of carbonyl (C=O) groups excluding carboxylic acids is 1. The van der Waals surface area contributed by atoms with Crippen LogP contribution in [0.3, 0.4) is 0 Å². The van der Waals surface area contributed by atoms with E-state index in [1.54, 1.807) is 16.6 Å². The lowest BCUT2D eigenvalue weighted by Crippen LogP contribution is -2.40. The second-order valence-corrected chi connectivity index (χ2v) is 12.3. The average Bonchev–Trinajstić information content (AvgIpc) is 2.83. The predicted molar refractivity (Wildman–Crippen MR) is 98.6 cm³/mol. The lowest BCUT2D eigenvalue weighted by atomic mass is 10.2. The SMILES string of the molecule is C=C(O[Si](C)(C)C(C)(C)C)c1cc(C(=O)OC)cc2cc(C)nn12. The van der Waals surface area contributed by atoms with Crippen LogP contribution in [0.4, 0.5) is 0 Å². The Hall–Kier alpha value is -2.08. The van der Waals surface area contributed by atoms with Crippen LogP contribution in [0.25, 0.3) is 11.3 Å². The molecule has 0 aromatic carbocycles. The van der Waals surface area contributed by atoms with Crippen molar-refractivity contribution in [2.45, 2.75) is 45.8 Å². The maximum atomic E-state index is 12.0. The van der Waals surface area contributed by atoms with Gasteiger partial charge in [-0.25, -0.2) is 9.31 Å². The van der Waals surface area contributed by atoms with Crippen LogP contribution in [0.5, 0.6) is 0 Å². The van der Waals surface area contributed by atoms with Crippen LogP contribution in [0.15, 0.2) is 24.8 Å². The zero-order chi connectivity index (χ0) is 18.3. The number of aryl methyl sites for hydroxylation is 1. The molecule has 0 spiro atoms. The molecule has 5 nitrogen and oxygen atoms in total. The molecule has 0 amide bonds. The van der Waals surface area contributed by atoms with E-state index in [4.69, 9.17) is 9.16 Å². The van der Waals surface area contributed by atoms with Gasteiger partial charge in [0.15, 0.2) is 0 Å². The highest BCUT2D eigenvalue weighted by Gasteiger charge is 2.39. The fourth-order valence-electron chi connectivity index (χ4n) is 2.17. The minimum atomic E-state index is -2.04. The van der Waals surface area contributed by atoms with Crippen LogP contribution in [-0.4, -0.2) is 31.0 Å². The largest absolute Gasteiger partial charge is 0.542 e. The first kappa shape index (κ1) is 18.3. The summed E-state index contributed by atoms with van der Waals surface area (Å²) in [7, 11) is -0.671. The van der Waals surface area contributed by atoms with Gasteiger partial charge in [0.2, 0.25) is 0 Å². The number of pyridine rings is 1. The van der Waals surface area contributed by atoms with Crippen LogP contribution < -0.4 is 0 Å². The van der Waals surface area contributed by atoms with Gasteiger partial charge in [0.25, 0.3) is 8.32 Å². The van der Waals surface area contributed by atoms with Crippen LogP contribution in [0, 0.1) is 6.92 Å². The summed E-state index contributed by atoms with van der Waals surface area (Å²) in [6.45, 7) is 16.9. The van der Waals surface area contributed by atoms with Crippen molar-refractivity contribution in [1.29, 1.82) is 0 Å². The quantitative estimate of drug-likeness (QED) is 0.467. The smallest absolute Gasteiger partial charge is 0.338 e. The van der Waals surface area contributed by atoms with Crippen molar-refractivity contribution in [3.63, 3.8) is 0 Å². The van der Waals surface area contributed by atoms with Crippen molar-refractivity contribution in [2.24, 2.45) is 0 Å². The Balaban J connectivity index is 2.54. The molecule has 0 N–H and O–H groups in total. The highest BCUT2D eigenvalue weighted by Crippen LogP contribution is 2.39. The fourth-order valence-corrected chi connectivity index (χ4v) is 3.20. The predicted octanol–water partition coefficient (Wildman–Crippen LogP) is 4.42. The highest BCUT2D eigenvalue weighted by molar-refractivity contribution is 6.74. The van der Waals surface area contributed by atoms with Crippen LogP contribution >= 0.6 is 0 Å². The number of carbonyl (C=O) groups is 1. The third-order valence-electron chi connectivity index (χ3n) is 4.57. The lowest BCUT2D eigenvalue weighted by molar-refractivity contribution is 0.0600. The van der Waals surface area contributed by atoms with Crippen molar-refractivity contribution >= 4 is 25.6 Å². The molecule has 0 saturated heterocycles. The summed E-state index contributed by atoms with van der Waals surface area (Å²) in [6, 6.07) is 5.39. The summed E-state index contributed by atoms with van der Waals surface area (Å²) in [5.74, 6) is 0.137. The number of ether oxygens (including phenoxy) is 1. The molecule has 0 unspecified atom stereocenters. The van der Waals surface area contributed by atoms with E-state index in [0.29, 0.717) is 17.0 Å². The molecule has 130 valence electrons. The Morgan fingerprint density at radius 1 is 1.25 bits per heavy atom. The minimum absolute atomic E-state index is 0.0506. The molecule has 0 bridgehead atoms. The Labute approximate surface area is 144 Å². The summed E-state index contributed by atoms with van der Waals surface area (Å²) >= 11 is 0. The zero-order valence-corrected chi connectivity index (χ0v) is 16.6. The lowest BCUT2D eigenvalue weighted by Gasteiger charge is -2.37. The van der Waals surface area contributed by atoms with E-state index in [-0.39, 0.29) is 5.04 Å². The standard InChI is InChI=1S/C18H26N2O3Si/c1-12-9-15-10-14(17(21)22-6)11-16(20(15)19-12)13(2)23-24(7,8)18(3,4)5/h9-11H,2H2,1,3-8H3. The van der Waals surface area contributed by atoms with Gasteiger partial charge in [0, 0.05) is 0 Å². The summed E-state index contributed by atoms with van der Waals surface area (Å²) in [4.78, 5) is 12.0. The maximum absolute atomic E-state index is 12.0. The molecular weight excluding hydrogens is 320 g/mol. The number of hydrogen-bond acceptors (Lipinski definition) is 4. The number of esters is 1. The molecule has 0 fully saturated rings. The molecular formula is C18H26N2O3Si. The number of rotatable bonds is 4. The Bertz CT molecular complexity index is 800. The van der Waals surface area contributed by atoms with Gasteiger partial charge >= 0.3 is 5.97 Å². The van der Waals surface area contributed by atoms with Crippen molar-refractivity contribution < 1.29 is 14.0 Å². The van der Waals surface area contributed by atoms with Crippen molar-refractivity contribution in [1.82, 2.24) is 9.61 Å². The first-order valence-corrected chi connectivity index (χ1v) is 10.8. The summed E-state index contributed by atoms with van der Waals surface area (Å²) in [5.41, 5.74) is 2.80. The number of hydrogen-bond donors (Lipinski definition) is 0. The second-order valence-electron chi connectivity index (χ2n) is 7.53. The first-order valence-electron chi connectivity index (χ1n) is 7.93. The van der Waals surface area contributed by atoms with Gasteiger partial charge in [-0.05, 0) is 43.3 Å². The molecule has 0 atom stereocenters. The topological polar surface area (TPSA) is 52.8 Å². The van der Waals surface area contributed by atoms with Crippen LogP contribution in [0.1, 0.15) is 42.5 Å². The summed E-state index contributed by atoms with van der Waals surface area (Å²) in [6.07, 6.45) is 0. The third kappa shape index (κ3) is 3.38. The normalized spacial score (nSPS) is 12.3. The van der Waals surface area contributed by atoms with E-state index in [1.165, 1.54) is 7.11 Å². The molecule has 0 aliphatic heterocycles. The molecule has 2 heterocycles. The van der Waals surface area contributed by atoms with Gasteiger partial charge in [-0.1, -0.05) is 27.4 Å². The van der Waals surface area contributed by atoms with Gasteiger partial charge < -0.3 is 9.16 Å². The number of methoxy groups -OCH3 is 1. The van der Waals surface area contributed by atoms with E-state index >= 15 is 0 Å². The molecule has 2 rings (SSSR count). The van der Waals surface area contributed by atoms with Gasteiger partial charge in [-0.2, -0.15) is 5.10 Å². The van der Waals surface area contributed by atoms with Crippen LogP contribution in [-0.2, 0) is 9.16 Å². The monoisotopic (exact) mass is 346 g/mol. The van der Waals surface area contributed by atoms with E-state index in [0.717, 1.165) is 11.2 Å². The van der Waals surface area contributed by atoms with Crippen LogP contribution in [0.2, 0.25) is 18.1 Å². The molecule has 0 aliphatic carbocycles. The third-order valence-corrected chi connectivity index (χ3v) is 8.94. The van der Waals surface area contributed by atoms with E-state index in [1.807, 2.05) is 13.0 Å². The van der Waals surface area contributed by atoms with Gasteiger partial charge in [0.1, 0.15) is 11.5 Å². The van der Waals surface area contributed by atoms with E-state index < -0.39 is 14.3 Å². The Morgan fingerprint density at radius 2 is 1.88 bits per heavy atom.